The van der Waals surface area contributed by atoms with Crippen molar-refractivity contribution >= 4 is 5.91 Å². The van der Waals surface area contributed by atoms with Gasteiger partial charge < -0.3 is 20.1 Å². The molecule has 0 fully saturated rings. The van der Waals surface area contributed by atoms with Crippen molar-refractivity contribution in [2.24, 2.45) is 0 Å². The summed E-state index contributed by atoms with van der Waals surface area (Å²) in [4.78, 5) is 12.0. The Bertz CT molecular complexity index is 532. The summed E-state index contributed by atoms with van der Waals surface area (Å²) in [6, 6.07) is 11.4. The summed E-state index contributed by atoms with van der Waals surface area (Å²) >= 11 is 0. The lowest BCUT2D eigenvalue weighted by molar-refractivity contribution is -0.131. The van der Waals surface area contributed by atoms with E-state index in [0.29, 0.717) is 26.3 Å². The smallest absolute Gasteiger partial charge is 0.263 e. The number of rotatable bonds is 10. The molecule has 0 bridgehead atoms. The van der Waals surface area contributed by atoms with Gasteiger partial charge in [-0.25, -0.2) is 0 Å². The van der Waals surface area contributed by atoms with E-state index in [9.17, 15) is 4.79 Å². The zero-order valence-electron chi connectivity index (χ0n) is 13.5. The Hall–Kier alpha value is -2.36. The quantitative estimate of drug-likeness (QED) is 0.390. The number of carbonyl (C=O) groups is 1. The van der Waals surface area contributed by atoms with E-state index >= 15 is 0 Å². The van der Waals surface area contributed by atoms with E-state index in [4.69, 9.17) is 14.7 Å². The Kier molecular flexibility index (Phi) is 9.13. The number of nitrogens with zero attached hydrogens (tertiary/aromatic N) is 1. The Balaban J connectivity index is 2.47. The van der Waals surface area contributed by atoms with Gasteiger partial charge in [0.2, 0.25) is 0 Å². The Morgan fingerprint density at radius 2 is 1.91 bits per heavy atom. The lowest BCUT2D eigenvalue weighted by Crippen LogP contribution is -2.30. The number of benzene rings is 1. The highest BCUT2D eigenvalue weighted by Gasteiger charge is 2.10. The average molecular weight is 317 g/mol. The largest absolute Gasteiger partial charge is 0.385 e. The second-order valence-electron chi connectivity index (χ2n) is 4.59. The molecule has 1 rings (SSSR count). The van der Waals surface area contributed by atoms with Crippen LogP contribution in [0.1, 0.15) is 19.4 Å². The number of amides is 1. The Morgan fingerprint density at radius 1 is 1.26 bits per heavy atom. The maximum atomic E-state index is 12.0. The first-order valence-corrected chi connectivity index (χ1v) is 7.60. The van der Waals surface area contributed by atoms with Gasteiger partial charge in [0.25, 0.3) is 5.91 Å². The minimum Gasteiger partial charge on any atom is -0.385 e. The molecule has 6 nitrogen and oxygen atoms in total. The van der Waals surface area contributed by atoms with Crippen LogP contribution in [-0.2, 0) is 20.8 Å². The molecule has 1 amide bonds. The SMILES string of the molecule is CCOC(CN/C=C(/C#N)C(=O)NCc1ccccc1)OCC. The van der Waals surface area contributed by atoms with Crippen LogP contribution in [0, 0.1) is 11.3 Å². The third-order valence-electron chi connectivity index (χ3n) is 2.90. The molecule has 0 unspecified atom stereocenters. The maximum absolute atomic E-state index is 12.0. The molecule has 0 radical (unpaired) electrons. The fourth-order valence-electron chi connectivity index (χ4n) is 1.82. The van der Waals surface area contributed by atoms with Gasteiger partial charge in [0.15, 0.2) is 6.29 Å². The van der Waals surface area contributed by atoms with Crippen molar-refractivity contribution < 1.29 is 14.3 Å². The number of hydrogen-bond donors (Lipinski definition) is 2. The molecule has 0 saturated carbocycles. The molecule has 124 valence electrons. The van der Waals surface area contributed by atoms with E-state index in [1.54, 1.807) is 0 Å². The molecule has 0 aliphatic heterocycles. The number of nitriles is 1. The zero-order chi connectivity index (χ0) is 16.9. The molecule has 1 aromatic carbocycles. The van der Waals surface area contributed by atoms with Gasteiger partial charge in [-0.05, 0) is 19.4 Å². The van der Waals surface area contributed by atoms with Gasteiger partial charge in [-0.15, -0.1) is 0 Å². The summed E-state index contributed by atoms with van der Waals surface area (Å²) < 4.78 is 10.7. The average Bonchev–Trinajstić information content (AvgIpc) is 2.58. The molecule has 1 aromatic rings. The molecular weight excluding hydrogens is 294 g/mol. The van der Waals surface area contributed by atoms with Crippen LogP contribution in [0.2, 0.25) is 0 Å². The number of nitrogens with one attached hydrogen (secondary N) is 2. The first-order valence-electron chi connectivity index (χ1n) is 7.60. The monoisotopic (exact) mass is 317 g/mol. The van der Waals surface area contributed by atoms with Crippen molar-refractivity contribution in [1.82, 2.24) is 10.6 Å². The van der Waals surface area contributed by atoms with E-state index in [-0.39, 0.29) is 5.57 Å². The summed E-state index contributed by atoms with van der Waals surface area (Å²) in [5.41, 5.74) is 0.978. The van der Waals surface area contributed by atoms with E-state index < -0.39 is 12.2 Å². The predicted molar refractivity (Wildman–Crippen MR) is 87.0 cm³/mol. The van der Waals surface area contributed by atoms with Crippen LogP contribution in [0.15, 0.2) is 42.1 Å². The summed E-state index contributed by atoms with van der Waals surface area (Å²) in [6.07, 6.45) is 0.972. The Labute approximate surface area is 137 Å². The lowest BCUT2D eigenvalue weighted by atomic mass is 10.2. The van der Waals surface area contributed by atoms with Crippen LogP contribution < -0.4 is 10.6 Å². The van der Waals surface area contributed by atoms with Crippen molar-refractivity contribution in [3.63, 3.8) is 0 Å². The Morgan fingerprint density at radius 3 is 2.48 bits per heavy atom. The molecular formula is C17H23N3O3. The van der Waals surface area contributed by atoms with Crippen molar-refractivity contribution in [2.45, 2.75) is 26.7 Å². The first kappa shape index (κ1) is 18.7. The van der Waals surface area contributed by atoms with E-state index in [1.165, 1.54) is 6.20 Å². The highest BCUT2D eigenvalue weighted by atomic mass is 16.7. The second-order valence-corrected chi connectivity index (χ2v) is 4.59. The van der Waals surface area contributed by atoms with Crippen molar-refractivity contribution in [1.29, 1.82) is 5.26 Å². The molecule has 23 heavy (non-hydrogen) atoms. The summed E-state index contributed by atoms with van der Waals surface area (Å²) in [5.74, 6) is -0.423. The van der Waals surface area contributed by atoms with Crippen LogP contribution in [-0.4, -0.2) is 32.0 Å². The van der Waals surface area contributed by atoms with Gasteiger partial charge in [0, 0.05) is 26.0 Å². The molecule has 0 aliphatic rings. The molecule has 0 aromatic heterocycles. The molecule has 0 atom stereocenters. The third kappa shape index (κ3) is 7.45. The fraction of sp³-hybridized carbons (Fsp3) is 0.412. The molecule has 2 N–H and O–H groups in total. The predicted octanol–water partition coefficient (Wildman–Crippen LogP) is 1.70. The van der Waals surface area contributed by atoms with Crippen LogP contribution in [0.3, 0.4) is 0 Å². The van der Waals surface area contributed by atoms with Gasteiger partial charge in [-0.2, -0.15) is 5.26 Å². The van der Waals surface area contributed by atoms with Crippen LogP contribution in [0.5, 0.6) is 0 Å². The lowest BCUT2D eigenvalue weighted by Gasteiger charge is -2.16. The van der Waals surface area contributed by atoms with E-state index in [1.807, 2.05) is 50.2 Å². The summed E-state index contributed by atoms with van der Waals surface area (Å²) in [7, 11) is 0. The van der Waals surface area contributed by atoms with Gasteiger partial charge in [-0.3, -0.25) is 4.79 Å². The standard InChI is InChI=1S/C17H23N3O3/c1-3-22-16(23-4-2)13-19-12-15(10-18)17(21)20-11-14-8-6-5-7-9-14/h5-9,12,16,19H,3-4,11,13H2,1-2H3,(H,20,21)/b15-12-. The number of carbonyl (C=O) groups excluding carboxylic acids is 1. The van der Waals surface area contributed by atoms with Crippen LogP contribution in [0.4, 0.5) is 0 Å². The maximum Gasteiger partial charge on any atom is 0.263 e. The number of hydrogen-bond acceptors (Lipinski definition) is 5. The van der Waals surface area contributed by atoms with E-state index in [2.05, 4.69) is 10.6 Å². The minimum atomic E-state index is -0.423. The van der Waals surface area contributed by atoms with Crippen molar-refractivity contribution in [3.05, 3.63) is 47.7 Å². The molecule has 0 aliphatic carbocycles. The van der Waals surface area contributed by atoms with Crippen LogP contribution in [0.25, 0.3) is 0 Å². The molecule has 0 spiro atoms. The van der Waals surface area contributed by atoms with E-state index in [0.717, 1.165) is 5.56 Å². The third-order valence-corrected chi connectivity index (χ3v) is 2.90. The van der Waals surface area contributed by atoms with Crippen LogP contribution >= 0.6 is 0 Å². The normalized spacial score (nSPS) is 11.1. The number of ether oxygens (including phenoxy) is 2. The zero-order valence-corrected chi connectivity index (χ0v) is 13.5. The molecule has 0 heterocycles. The van der Waals surface area contributed by atoms with Gasteiger partial charge in [0.1, 0.15) is 11.6 Å². The second kappa shape index (κ2) is 11.2. The molecule has 6 heteroatoms. The van der Waals surface area contributed by atoms with Gasteiger partial charge >= 0.3 is 0 Å². The highest BCUT2D eigenvalue weighted by Crippen LogP contribution is 1.99. The van der Waals surface area contributed by atoms with Gasteiger partial charge in [-0.1, -0.05) is 30.3 Å². The first-order chi connectivity index (χ1) is 11.2. The van der Waals surface area contributed by atoms with Crippen molar-refractivity contribution in [3.8, 4) is 6.07 Å². The summed E-state index contributed by atoms with van der Waals surface area (Å²) in [6.45, 7) is 5.54. The minimum absolute atomic E-state index is 0.00711. The highest BCUT2D eigenvalue weighted by molar-refractivity contribution is 5.97. The van der Waals surface area contributed by atoms with Gasteiger partial charge in [0.05, 0.1) is 6.54 Å². The fourth-order valence-corrected chi connectivity index (χ4v) is 1.82. The topological polar surface area (TPSA) is 83.4 Å². The summed E-state index contributed by atoms with van der Waals surface area (Å²) in [5, 5.41) is 14.7. The van der Waals surface area contributed by atoms with Crippen molar-refractivity contribution in [2.75, 3.05) is 19.8 Å². The molecule has 0 saturated heterocycles.